The molecule has 0 aliphatic heterocycles. The Morgan fingerprint density at radius 1 is 1.35 bits per heavy atom. The number of fused-ring (bicyclic) bond motifs is 2. The molecule has 3 heteroatoms. The van der Waals surface area contributed by atoms with E-state index in [1.54, 1.807) is 0 Å². The summed E-state index contributed by atoms with van der Waals surface area (Å²) in [6.07, 6.45) is 3.72. The van der Waals surface area contributed by atoms with Crippen molar-refractivity contribution in [1.29, 1.82) is 0 Å². The summed E-state index contributed by atoms with van der Waals surface area (Å²) in [4.78, 5) is 12.9. The molecule has 2 bridgehead atoms. The van der Waals surface area contributed by atoms with E-state index >= 15 is 0 Å². The third-order valence-corrected chi connectivity index (χ3v) is 5.49. The maximum atomic E-state index is 11.8. The molecule has 0 radical (unpaired) electrons. The van der Waals surface area contributed by atoms with Gasteiger partial charge in [-0.1, -0.05) is 20.8 Å². The van der Waals surface area contributed by atoms with Crippen molar-refractivity contribution in [2.75, 3.05) is 20.6 Å². The van der Waals surface area contributed by atoms with Crippen LogP contribution in [0.1, 0.15) is 40.0 Å². The van der Waals surface area contributed by atoms with Gasteiger partial charge in [-0.25, -0.2) is 4.79 Å². The summed E-state index contributed by atoms with van der Waals surface area (Å²) in [6.45, 7) is 7.46. The summed E-state index contributed by atoms with van der Waals surface area (Å²) in [5, 5.41) is 0. The standard InChI is InChI=1S/C14H25NO2/c1-13(2)10-6-7-14(13,3)11(8-10)17-12(16)9-15(4)5/h10-11H,6-9H2,1-5H3/p+1. The zero-order chi connectivity index (χ0) is 12.8. The molecule has 2 rings (SSSR count). The van der Waals surface area contributed by atoms with Crippen molar-refractivity contribution in [3.05, 3.63) is 0 Å². The fraction of sp³-hybridized carbons (Fsp3) is 0.929. The largest absolute Gasteiger partial charge is 0.458 e. The van der Waals surface area contributed by atoms with Gasteiger partial charge in [0, 0.05) is 5.41 Å². The minimum atomic E-state index is -0.0421. The molecule has 98 valence electrons. The van der Waals surface area contributed by atoms with Gasteiger partial charge in [-0.2, -0.15) is 0 Å². The Morgan fingerprint density at radius 3 is 2.41 bits per heavy atom. The lowest BCUT2D eigenvalue weighted by molar-refractivity contribution is -0.850. The molecule has 3 nitrogen and oxygen atoms in total. The summed E-state index contributed by atoms with van der Waals surface area (Å²) in [7, 11) is 3.96. The van der Waals surface area contributed by atoms with Gasteiger partial charge in [0.1, 0.15) is 6.10 Å². The van der Waals surface area contributed by atoms with Gasteiger partial charge in [-0.05, 0) is 30.6 Å². The summed E-state index contributed by atoms with van der Waals surface area (Å²) >= 11 is 0. The molecule has 2 aliphatic carbocycles. The lowest BCUT2D eigenvalue weighted by Crippen LogP contribution is -3.06. The van der Waals surface area contributed by atoms with Crippen LogP contribution in [-0.4, -0.2) is 32.7 Å². The van der Waals surface area contributed by atoms with Crippen LogP contribution in [0.4, 0.5) is 0 Å². The van der Waals surface area contributed by atoms with E-state index in [4.69, 9.17) is 4.74 Å². The number of hydrogen-bond donors (Lipinski definition) is 1. The Bertz CT molecular complexity index is 324. The van der Waals surface area contributed by atoms with Crippen molar-refractivity contribution < 1.29 is 14.4 Å². The Kier molecular flexibility index (Phi) is 3.01. The van der Waals surface area contributed by atoms with Crippen LogP contribution < -0.4 is 4.90 Å². The molecule has 2 fully saturated rings. The first kappa shape index (κ1) is 12.9. The van der Waals surface area contributed by atoms with E-state index in [0.29, 0.717) is 12.0 Å². The van der Waals surface area contributed by atoms with E-state index in [2.05, 4.69) is 20.8 Å². The van der Waals surface area contributed by atoms with Gasteiger partial charge in [-0.15, -0.1) is 0 Å². The van der Waals surface area contributed by atoms with Crippen LogP contribution in [0, 0.1) is 16.7 Å². The van der Waals surface area contributed by atoms with Crippen LogP contribution in [0.15, 0.2) is 0 Å². The molecule has 2 aliphatic rings. The van der Waals surface area contributed by atoms with E-state index < -0.39 is 0 Å². The highest BCUT2D eigenvalue weighted by Gasteiger charge is 2.62. The highest BCUT2D eigenvalue weighted by Crippen LogP contribution is 2.66. The number of quaternary nitrogens is 1. The number of nitrogens with one attached hydrogen (secondary N) is 1. The predicted molar refractivity (Wildman–Crippen MR) is 66.8 cm³/mol. The van der Waals surface area contributed by atoms with Gasteiger partial charge in [0.05, 0.1) is 14.1 Å². The molecule has 3 unspecified atom stereocenters. The van der Waals surface area contributed by atoms with Crippen molar-refractivity contribution in [2.24, 2.45) is 16.7 Å². The van der Waals surface area contributed by atoms with Crippen LogP contribution in [0.2, 0.25) is 0 Å². The molecule has 0 heterocycles. The molecule has 1 N–H and O–H groups in total. The van der Waals surface area contributed by atoms with E-state index in [1.165, 1.54) is 12.8 Å². The van der Waals surface area contributed by atoms with Gasteiger partial charge in [0.15, 0.2) is 6.54 Å². The van der Waals surface area contributed by atoms with Gasteiger partial charge >= 0.3 is 5.97 Å². The fourth-order valence-corrected chi connectivity index (χ4v) is 3.80. The Labute approximate surface area is 105 Å². The molecular formula is C14H26NO2+. The number of esters is 1. The smallest absolute Gasteiger partial charge is 0.361 e. The average Bonchev–Trinajstić information content (AvgIpc) is 2.49. The molecule has 0 spiro atoms. The second kappa shape index (κ2) is 3.98. The number of rotatable bonds is 3. The first-order valence-corrected chi connectivity index (χ1v) is 6.76. The molecule has 3 atom stereocenters. The molecule has 0 aromatic rings. The summed E-state index contributed by atoms with van der Waals surface area (Å²) in [5.74, 6) is 0.691. The van der Waals surface area contributed by atoms with Crippen LogP contribution in [0.5, 0.6) is 0 Å². The van der Waals surface area contributed by atoms with E-state index in [1.807, 2.05) is 14.1 Å². The second-order valence-electron chi connectivity index (χ2n) is 6.97. The number of hydrogen-bond acceptors (Lipinski definition) is 2. The first-order valence-electron chi connectivity index (χ1n) is 6.76. The minimum absolute atomic E-state index is 0.0421. The normalized spacial score (nSPS) is 38.7. The molecular weight excluding hydrogens is 214 g/mol. The number of likely N-dealkylation sites (N-methyl/N-ethyl adjacent to an activating group) is 1. The number of ether oxygens (including phenoxy) is 1. The van der Waals surface area contributed by atoms with Crippen molar-refractivity contribution in [3.63, 3.8) is 0 Å². The van der Waals surface area contributed by atoms with E-state index in [0.717, 1.165) is 17.2 Å². The van der Waals surface area contributed by atoms with Crippen molar-refractivity contribution in [2.45, 2.75) is 46.1 Å². The lowest BCUT2D eigenvalue weighted by Gasteiger charge is -2.38. The van der Waals surface area contributed by atoms with Crippen LogP contribution in [0.3, 0.4) is 0 Å². The Morgan fingerprint density at radius 2 is 2.00 bits per heavy atom. The highest BCUT2D eigenvalue weighted by atomic mass is 16.5. The van der Waals surface area contributed by atoms with E-state index in [-0.39, 0.29) is 17.5 Å². The third-order valence-electron chi connectivity index (χ3n) is 5.49. The van der Waals surface area contributed by atoms with Gasteiger partial charge in [-0.3, -0.25) is 0 Å². The molecule has 0 saturated heterocycles. The molecule has 0 aromatic carbocycles. The molecule has 17 heavy (non-hydrogen) atoms. The van der Waals surface area contributed by atoms with Crippen molar-refractivity contribution in [1.82, 2.24) is 0 Å². The third kappa shape index (κ3) is 1.88. The quantitative estimate of drug-likeness (QED) is 0.743. The van der Waals surface area contributed by atoms with Gasteiger partial charge < -0.3 is 9.64 Å². The first-order chi connectivity index (χ1) is 7.77. The fourth-order valence-electron chi connectivity index (χ4n) is 3.80. The zero-order valence-electron chi connectivity index (χ0n) is 11.8. The minimum Gasteiger partial charge on any atom is -0.458 e. The van der Waals surface area contributed by atoms with Crippen molar-refractivity contribution >= 4 is 5.97 Å². The SMILES string of the molecule is C[NH+](C)CC(=O)OC1CC2CCC1(C)C2(C)C. The topological polar surface area (TPSA) is 30.7 Å². The van der Waals surface area contributed by atoms with Gasteiger partial charge in [0.2, 0.25) is 0 Å². The van der Waals surface area contributed by atoms with Crippen LogP contribution in [-0.2, 0) is 9.53 Å². The monoisotopic (exact) mass is 240 g/mol. The molecule has 0 amide bonds. The molecule has 2 saturated carbocycles. The number of carbonyl (C=O) groups is 1. The maximum Gasteiger partial charge on any atom is 0.361 e. The second-order valence-corrected chi connectivity index (χ2v) is 6.97. The van der Waals surface area contributed by atoms with Crippen molar-refractivity contribution in [3.8, 4) is 0 Å². The summed E-state index contributed by atoms with van der Waals surface area (Å²) < 4.78 is 5.73. The summed E-state index contributed by atoms with van der Waals surface area (Å²) in [5.41, 5.74) is 0.512. The van der Waals surface area contributed by atoms with Crippen LogP contribution in [0.25, 0.3) is 0 Å². The highest BCUT2D eigenvalue weighted by molar-refractivity contribution is 5.70. The maximum absolute atomic E-state index is 11.8. The predicted octanol–water partition coefficient (Wildman–Crippen LogP) is 0.889. The summed E-state index contributed by atoms with van der Waals surface area (Å²) in [6, 6.07) is 0. The molecule has 0 aromatic heterocycles. The number of carbonyl (C=O) groups excluding carboxylic acids is 1. The Balaban J connectivity index is 2.03. The van der Waals surface area contributed by atoms with E-state index in [9.17, 15) is 4.79 Å². The van der Waals surface area contributed by atoms with Crippen LogP contribution >= 0.6 is 0 Å². The zero-order valence-corrected chi connectivity index (χ0v) is 11.8. The lowest BCUT2D eigenvalue weighted by atomic mass is 9.70. The Hall–Kier alpha value is -0.570. The van der Waals surface area contributed by atoms with Gasteiger partial charge in [0.25, 0.3) is 0 Å². The average molecular weight is 240 g/mol.